The van der Waals surface area contributed by atoms with Gasteiger partial charge in [-0.15, -0.1) is 10.2 Å². The van der Waals surface area contributed by atoms with Crippen LogP contribution >= 0.6 is 0 Å². The van der Waals surface area contributed by atoms with E-state index in [1.54, 1.807) is 13.4 Å². The maximum absolute atomic E-state index is 5.41. The van der Waals surface area contributed by atoms with Gasteiger partial charge in [0.1, 0.15) is 12.2 Å². The molecule has 0 bridgehead atoms. The zero-order chi connectivity index (χ0) is 17.0. The average Bonchev–Trinajstić information content (AvgIpc) is 3.27. The van der Waals surface area contributed by atoms with Crippen LogP contribution in [0.4, 0.5) is 0 Å². The van der Waals surface area contributed by atoms with Gasteiger partial charge >= 0.3 is 0 Å². The Balaban J connectivity index is 1.78. The van der Waals surface area contributed by atoms with E-state index in [-0.39, 0.29) is 0 Å². The van der Waals surface area contributed by atoms with Crippen LogP contribution in [0.3, 0.4) is 0 Å². The molecule has 1 aromatic rings. The van der Waals surface area contributed by atoms with Gasteiger partial charge in [0, 0.05) is 58.8 Å². The molecule has 2 N–H and O–H groups in total. The summed E-state index contributed by atoms with van der Waals surface area (Å²) in [6.07, 6.45) is 4.72. The largest absolute Gasteiger partial charge is 0.385 e. The summed E-state index contributed by atoms with van der Waals surface area (Å²) in [5.74, 6) is 2.39. The van der Waals surface area contributed by atoms with E-state index in [2.05, 4.69) is 32.3 Å². The molecule has 1 fully saturated rings. The molecule has 8 heteroatoms. The number of hydrogen-bond donors (Lipinski definition) is 2. The van der Waals surface area contributed by atoms with Crippen molar-refractivity contribution in [3.8, 4) is 0 Å². The lowest BCUT2D eigenvalue weighted by atomic mass is 10.1. The monoisotopic (exact) mass is 338 g/mol. The molecule has 0 spiro atoms. The number of nitrogens with zero attached hydrogens (tertiary/aromatic N) is 4. The van der Waals surface area contributed by atoms with Gasteiger partial charge in [-0.2, -0.15) is 0 Å². The fraction of sp³-hybridized carbons (Fsp3) is 0.812. The highest BCUT2D eigenvalue weighted by atomic mass is 16.5. The number of hydrogen-bond acceptors (Lipinski definition) is 5. The van der Waals surface area contributed by atoms with E-state index in [9.17, 15) is 0 Å². The first-order valence-corrected chi connectivity index (χ1v) is 8.79. The summed E-state index contributed by atoms with van der Waals surface area (Å²) in [6.45, 7) is 7.75. The molecule has 2 rings (SSSR count). The van der Waals surface area contributed by atoms with Crippen molar-refractivity contribution in [3.05, 3.63) is 12.2 Å². The zero-order valence-electron chi connectivity index (χ0n) is 14.8. The molecule has 0 aliphatic carbocycles. The lowest BCUT2D eigenvalue weighted by Crippen LogP contribution is -2.40. The fourth-order valence-electron chi connectivity index (χ4n) is 2.58. The van der Waals surface area contributed by atoms with Crippen LogP contribution in [-0.2, 0) is 22.4 Å². The summed E-state index contributed by atoms with van der Waals surface area (Å²) < 4.78 is 12.6. The molecular formula is C16H30N6O2. The molecule has 1 unspecified atom stereocenters. The molecular weight excluding hydrogens is 308 g/mol. The van der Waals surface area contributed by atoms with E-state index < -0.39 is 0 Å². The number of aryl methyl sites for hydroxylation is 1. The first-order valence-electron chi connectivity index (χ1n) is 8.79. The molecule has 1 aliphatic heterocycles. The summed E-state index contributed by atoms with van der Waals surface area (Å²) in [5.41, 5.74) is 0. The average molecular weight is 338 g/mol. The number of ether oxygens (including phenoxy) is 2. The fourth-order valence-corrected chi connectivity index (χ4v) is 2.58. The van der Waals surface area contributed by atoms with Crippen LogP contribution < -0.4 is 10.6 Å². The Labute approximate surface area is 144 Å². The lowest BCUT2D eigenvalue weighted by molar-refractivity contribution is 0.187. The van der Waals surface area contributed by atoms with E-state index in [4.69, 9.17) is 14.5 Å². The predicted molar refractivity (Wildman–Crippen MR) is 93.1 cm³/mol. The smallest absolute Gasteiger partial charge is 0.191 e. The standard InChI is InChI=1S/C16H30N6O2/c1-3-15-21-20-13-22(15)8-7-18-16(17-6-4-9-23-2)19-11-14-5-10-24-12-14/h13-14H,3-12H2,1-2H3,(H2,17,18,19). The molecule has 0 saturated carbocycles. The molecule has 24 heavy (non-hydrogen) atoms. The van der Waals surface area contributed by atoms with E-state index in [0.29, 0.717) is 5.92 Å². The number of aromatic nitrogens is 3. The Bertz CT molecular complexity index is 485. The van der Waals surface area contributed by atoms with Gasteiger partial charge < -0.3 is 24.7 Å². The maximum atomic E-state index is 5.41. The summed E-state index contributed by atoms with van der Waals surface area (Å²) in [7, 11) is 1.72. The van der Waals surface area contributed by atoms with Gasteiger partial charge in [0.05, 0.1) is 6.61 Å². The minimum Gasteiger partial charge on any atom is -0.385 e. The van der Waals surface area contributed by atoms with Crippen LogP contribution in [0.5, 0.6) is 0 Å². The van der Waals surface area contributed by atoms with E-state index in [0.717, 1.165) is 77.0 Å². The quantitative estimate of drug-likeness (QED) is 0.366. The molecule has 1 saturated heterocycles. The summed E-state index contributed by atoms with van der Waals surface area (Å²) in [4.78, 5) is 4.70. The Morgan fingerprint density at radius 2 is 2.33 bits per heavy atom. The van der Waals surface area contributed by atoms with Crippen molar-refractivity contribution in [2.75, 3.05) is 46.6 Å². The number of rotatable bonds is 10. The van der Waals surface area contributed by atoms with Crippen LogP contribution in [0.25, 0.3) is 0 Å². The van der Waals surface area contributed by atoms with E-state index >= 15 is 0 Å². The first-order chi connectivity index (χ1) is 11.8. The second kappa shape index (κ2) is 11.0. The Kier molecular flexibility index (Phi) is 8.54. The number of guanidine groups is 1. The van der Waals surface area contributed by atoms with Crippen LogP contribution in [0.15, 0.2) is 11.3 Å². The molecule has 0 aromatic carbocycles. The maximum Gasteiger partial charge on any atom is 0.191 e. The molecule has 0 radical (unpaired) electrons. The number of nitrogens with one attached hydrogen (secondary N) is 2. The molecule has 1 atom stereocenters. The normalized spacial score (nSPS) is 18.1. The van der Waals surface area contributed by atoms with Gasteiger partial charge in [0.15, 0.2) is 5.96 Å². The van der Waals surface area contributed by atoms with Crippen molar-refractivity contribution < 1.29 is 9.47 Å². The highest BCUT2D eigenvalue weighted by Gasteiger charge is 2.15. The molecule has 0 amide bonds. The highest BCUT2D eigenvalue weighted by Crippen LogP contribution is 2.11. The van der Waals surface area contributed by atoms with E-state index in [1.165, 1.54) is 0 Å². The topological polar surface area (TPSA) is 85.6 Å². The third kappa shape index (κ3) is 6.45. The predicted octanol–water partition coefficient (Wildman–Crippen LogP) is 0.449. The minimum absolute atomic E-state index is 0.534. The second-order valence-corrected chi connectivity index (χ2v) is 5.91. The van der Waals surface area contributed by atoms with Gasteiger partial charge in [0.2, 0.25) is 0 Å². The van der Waals surface area contributed by atoms with Crippen LogP contribution in [0.1, 0.15) is 25.6 Å². The Hall–Kier alpha value is -1.67. The second-order valence-electron chi connectivity index (χ2n) is 5.91. The van der Waals surface area contributed by atoms with Crippen LogP contribution in [0, 0.1) is 5.92 Å². The minimum atomic E-state index is 0.534. The number of methoxy groups -OCH3 is 1. The van der Waals surface area contributed by atoms with Crippen LogP contribution in [0.2, 0.25) is 0 Å². The highest BCUT2D eigenvalue weighted by molar-refractivity contribution is 5.79. The van der Waals surface area contributed by atoms with Crippen molar-refractivity contribution in [2.45, 2.75) is 32.7 Å². The van der Waals surface area contributed by atoms with E-state index in [1.807, 2.05) is 0 Å². The Morgan fingerprint density at radius 3 is 3.08 bits per heavy atom. The molecule has 1 aromatic heterocycles. The van der Waals surface area contributed by atoms with Crippen molar-refractivity contribution in [3.63, 3.8) is 0 Å². The summed E-state index contributed by atoms with van der Waals surface area (Å²) in [5, 5.41) is 14.8. The molecule has 1 aliphatic rings. The van der Waals surface area contributed by atoms with Crippen molar-refractivity contribution in [2.24, 2.45) is 10.9 Å². The van der Waals surface area contributed by atoms with Gasteiger partial charge in [-0.3, -0.25) is 4.99 Å². The third-order valence-electron chi connectivity index (χ3n) is 4.01. The van der Waals surface area contributed by atoms with Gasteiger partial charge in [-0.05, 0) is 12.8 Å². The SMILES string of the molecule is CCc1nncn1CCNC(=NCC1CCOC1)NCCCOC. The van der Waals surface area contributed by atoms with Crippen molar-refractivity contribution >= 4 is 5.96 Å². The van der Waals surface area contributed by atoms with Crippen LogP contribution in [-0.4, -0.2) is 67.3 Å². The molecule has 2 heterocycles. The van der Waals surface area contributed by atoms with Gasteiger partial charge in [-0.25, -0.2) is 0 Å². The summed E-state index contributed by atoms with van der Waals surface area (Å²) >= 11 is 0. The lowest BCUT2D eigenvalue weighted by Gasteiger charge is -2.14. The molecule has 8 nitrogen and oxygen atoms in total. The van der Waals surface area contributed by atoms with Gasteiger partial charge in [-0.1, -0.05) is 6.92 Å². The zero-order valence-corrected chi connectivity index (χ0v) is 14.8. The van der Waals surface area contributed by atoms with Crippen molar-refractivity contribution in [1.82, 2.24) is 25.4 Å². The Morgan fingerprint density at radius 1 is 1.46 bits per heavy atom. The van der Waals surface area contributed by atoms with Crippen molar-refractivity contribution in [1.29, 1.82) is 0 Å². The third-order valence-corrected chi connectivity index (χ3v) is 4.01. The molecule has 136 valence electrons. The first kappa shape index (κ1) is 18.7. The number of aliphatic imine (C=N–C) groups is 1. The van der Waals surface area contributed by atoms with Gasteiger partial charge in [0.25, 0.3) is 0 Å². The summed E-state index contributed by atoms with van der Waals surface area (Å²) in [6, 6.07) is 0.